The van der Waals surface area contributed by atoms with Gasteiger partial charge in [-0.2, -0.15) is 13.2 Å². The van der Waals surface area contributed by atoms with E-state index in [9.17, 15) is 18.0 Å². The molecule has 1 aliphatic heterocycles. The zero-order chi connectivity index (χ0) is 27.5. The zero-order valence-electron chi connectivity index (χ0n) is 21.8. The van der Waals surface area contributed by atoms with Gasteiger partial charge in [0.05, 0.1) is 17.7 Å². The van der Waals surface area contributed by atoms with Gasteiger partial charge >= 0.3 is 6.18 Å². The fraction of sp³-hybridized carbons (Fsp3) is 0.517. The van der Waals surface area contributed by atoms with Crippen molar-refractivity contribution in [3.63, 3.8) is 0 Å². The highest BCUT2D eigenvalue weighted by atomic mass is 32.2. The third-order valence-electron chi connectivity index (χ3n) is 6.49. The van der Waals surface area contributed by atoms with E-state index in [1.165, 1.54) is 18.4 Å². The number of halogens is 3. The van der Waals surface area contributed by atoms with Crippen molar-refractivity contribution < 1.29 is 31.8 Å². The van der Waals surface area contributed by atoms with E-state index < -0.39 is 11.7 Å². The lowest BCUT2D eigenvalue weighted by Gasteiger charge is -2.22. The standard InChI is InChI=1S/C29H34F3NO5S/c30-29(31,32)21-10-11-23-24(17-21)33-13-12-27(23)39-16-8-4-2-1-3-6-14-35-26-20-37-22(18-25(26)34)19-38-28-9-5-7-15-36-28/h10-13,17-18,20,28H,1-9,14-16,19H2. The van der Waals surface area contributed by atoms with E-state index in [4.69, 9.17) is 18.6 Å². The number of ether oxygens (including phenoxy) is 3. The van der Waals surface area contributed by atoms with Crippen LogP contribution in [0.15, 0.2) is 56.9 Å². The molecule has 4 rings (SSSR count). The topological polar surface area (TPSA) is 70.8 Å². The molecule has 1 aromatic carbocycles. The SMILES string of the molecule is O=c1cc(COC2CCCCO2)occ1OCCCCCCCCSc1ccnc2cc(C(F)(F)F)ccc12. The van der Waals surface area contributed by atoms with Crippen molar-refractivity contribution in [2.24, 2.45) is 0 Å². The van der Waals surface area contributed by atoms with Gasteiger partial charge in [0.1, 0.15) is 18.6 Å². The maximum Gasteiger partial charge on any atom is 0.416 e. The van der Waals surface area contributed by atoms with Gasteiger partial charge < -0.3 is 18.6 Å². The van der Waals surface area contributed by atoms with Crippen LogP contribution >= 0.6 is 11.8 Å². The van der Waals surface area contributed by atoms with Crippen LogP contribution in [0, 0.1) is 0 Å². The Balaban J connectivity index is 1.06. The molecule has 0 bridgehead atoms. The van der Waals surface area contributed by atoms with Crippen LogP contribution in [-0.2, 0) is 22.3 Å². The molecule has 3 heterocycles. The summed E-state index contributed by atoms with van der Waals surface area (Å²) in [6.07, 6.45) is 7.39. The number of unbranched alkanes of at least 4 members (excludes halogenated alkanes) is 5. The van der Waals surface area contributed by atoms with Crippen molar-refractivity contribution in [2.45, 2.75) is 81.8 Å². The first kappa shape index (κ1) is 29.4. The summed E-state index contributed by atoms with van der Waals surface area (Å²) < 4.78 is 61.1. The summed E-state index contributed by atoms with van der Waals surface area (Å²) in [7, 11) is 0. The Hall–Kier alpha value is -2.56. The van der Waals surface area contributed by atoms with Gasteiger partial charge in [-0.25, -0.2) is 0 Å². The van der Waals surface area contributed by atoms with Crippen molar-refractivity contribution in [1.29, 1.82) is 0 Å². The minimum Gasteiger partial charge on any atom is -0.487 e. The molecule has 0 saturated carbocycles. The van der Waals surface area contributed by atoms with Crippen molar-refractivity contribution in [3.8, 4) is 5.75 Å². The molecule has 1 saturated heterocycles. The third-order valence-corrected chi connectivity index (χ3v) is 7.65. The average Bonchev–Trinajstić information content (AvgIpc) is 2.93. The van der Waals surface area contributed by atoms with Gasteiger partial charge in [0.15, 0.2) is 6.29 Å². The van der Waals surface area contributed by atoms with Gasteiger partial charge in [0.2, 0.25) is 11.2 Å². The lowest BCUT2D eigenvalue weighted by molar-refractivity contribution is -0.171. The lowest BCUT2D eigenvalue weighted by atomic mass is 10.1. The fourth-order valence-electron chi connectivity index (χ4n) is 4.34. The molecule has 0 radical (unpaired) electrons. The van der Waals surface area contributed by atoms with Crippen LogP contribution in [0.25, 0.3) is 10.9 Å². The lowest BCUT2D eigenvalue weighted by Crippen LogP contribution is -2.22. The van der Waals surface area contributed by atoms with Crippen molar-refractivity contribution in [3.05, 3.63) is 64.3 Å². The Kier molecular flexibility index (Phi) is 11.1. The molecule has 1 fully saturated rings. The monoisotopic (exact) mass is 565 g/mol. The second-order valence-corrected chi connectivity index (χ2v) is 10.7. The Morgan fingerprint density at radius 1 is 1.03 bits per heavy atom. The maximum atomic E-state index is 13.0. The van der Waals surface area contributed by atoms with Crippen LogP contribution < -0.4 is 10.2 Å². The van der Waals surface area contributed by atoms with Gasteiger partial charge in [-0.05, 0) is 56.1 Å². The van der Waals surface area contributed by atoms with E-state index in [0.29, 0.717) is 24.5 Å². The molecule has 39 heavy (non-hydrogen) atoms. The van der Waals surface area contributed by atoms with Crippen LogP contribution in [0.2, 0.25) is 0 Å². The number of fused-ring (bicyclic) bond motifs is 1. The van der Waals surface area contributed by atoms with Gasteiger partial charge in [-0.3, -0.25) is 9.78 Å². The Bertz CT molecular complexity index is 1240. The summed E-state index contributed by atoms with van der Waals surface area (Å²) in [6, 6.07) is 6.99. The number of nitrogens with zero attached hydrogens (tertiary/aromatic N) is 1. The second-order valence-electron chi connectivity index (χ2n) is 9.54. The predicted octanol–water partition coefficient (Wildman–Crippen LogP) is 7.76. The zero-order valence-corrected chi connectivity index (χ0v) is 22.7. The van der Waals surface area contributed by atoms with E-state index in [1.54, 1.807) is 18.0 Å². The molecule has 0 aliphatic carbocycles. The van der Waals surface area contributed by atoms with Crippen molar-refractivity contribution in [1.82, 2.24) is 4.98 Å². The molecule has 0 N–H and O–H groups in total. The number of hydrogen-bond acceptors (Lipinski definition) is 7. The van der Waals surface area contributed by atoms with Gasteiger partial charge in [0, 0.05) is 29.2 Å². The Morgan fingerprint density at radius 2 is 1.85 bits per heavy atom. The molecule has 1 aliphatic rings. The fourth-order valence-corrected chi connectivity index (χ4v) is 5.39. The van der Waals surface area contributed by atoms with Crippen LogP contribution in [-0.4, -0.2) is 30.2 Å². The molecule has 10 heteroatoms. The first-order valence-corrected chi connectivity index (χ1v) is 14.5. The highest BCUT2D eigenvalue weighted by Gasteiger charge is 2.30. The molecule has 2 aromatic heterocycles. The predicted molar refractivity (Wildman–Crippen MR) is 144 cm³/mol. The van der Waals surface area contributed by atoms with E-state index in [-0.39, 0.29) is 24.1 Å². The molecular weight excluding hydrogens is 531 g/mol. The minimum atomic E-state index is -4.37. The van der Waals surface area contributed by atoms with Crippen LogP contribution in [0.5, 0.6) is 5.75 Å². The summed E-state index contributed by atoms with van der Waals surface area (Å²) >= 11 is 1.65. The Labute approximate surface area is 230 Å². The number of aromatic nitrogens is 1. The van der Waals surface area contributed by atoms with Gasteiger partial charge in [-0.15, -0.1) is 11.8 Å². The summed E-state index contributed by atoms with van der Waals surface area (Å²) in [4.78, 5) is 17.3. The molecule has 212 valence electrons. The van der Waals surface area contributed by atoms with Crippen LogP contribution in [0.1, 0.15) is 69.1 Å². The number of rotatable bonds is 14. The maximum absolute atomic E-state index is 13.0. The molecule has 0 amide bonds. The minimum absolute atomic E-state index is 0.195. The smallest absolute Gasteiger partial charge is 0.416 e. The average molecular weight is 566 g/mol. The number of hydrogen-bond donors (Lipinski definition) is 0. The molecule has 0 spiro atoms. The molecule has 1 atom stereocenters. The van der Waals surface area contributed by atoms with Crippen LogP contribution in [0.4, 0.5) is 13.2 Å². The number of pyridine rings is 1. The summed E-state index contributed by atoms with van der Waals surface area (Å²) in [6.45, 7) is 1.35. The van der Waals surface area contributed by atoms with Crippen LogP contribution in [0.3, 0.4) is 0 Å². The van der Waals surface area contributed by atoms with E-state index >= 15 is 0 Å². The highest BCUT2D eigenvalue weighted by molar-refractivity contribution is 7.99. The quantitative estimate of drug-likeness (QED) is 0.146. The number of alkyl halides is 3. The normalized spacial score (nSPS) is 16.0. The summed E-state index contributed by atoms with van der Waals surface area (Å²) in [5.74, 6) is 1.56. The number of benzene rings is 1. The largest absolute Gasteiger partial charge is 0.487 e. The molecule has 1 unspecified atom stereocenters. The van der Waals surface area contributed by atoms with Crippen molar-refractivity contribution in [2.75, 3.05) is 19.0 Å². The second kappa shape index (κ2) is 14.7. The van der Waals surface area contributed by atoms with Gasteiger partial charge in [0.25, 0.3) is 0 Å². The molecule has 3 aromatic rings. The summed E-state index contributed by atoms with van der Waals surface area (Å²) in [5, 5.41) is 0.751. The van der Waals surface area contributed by atoms with E-state index in [1.807, 2.05) is 6.07 Å². The molecular formula is C29H34F3NO5S. The Morgan fingerprint density at radius 3 is 2.62 bits per heavy atom. The summed E-state index contributed by atoms with van der Waals surface area (Å²) in [5.41, 5.74) is -0.531. The highest BCUT2D eigenvalue weighted by Crippen LogP contribution is 2.34. The molecule has 6 nitrogen and oxygen atoms in total. The van der Waals surface area contributed by atoms with E-state index in [2.05, 4.69) is 4.98 Å². The van der Waals surface area contributed by atoms with Gasteiger partial charge in [-0.1, -0.05) is 31.7 Å². The number of thioether (sulfide) groups is 1. The first-order valence-electron chi connectivity index (χ1n) is 13.5. The van der Waals surface area contributed by atoms with E-state index in [0.717, 1.165) is 86.0 Å². The first-order chi connectivity index (χ1) is 18.9. The third kappa shape index (κ3) is 9.25. The van der Waals surface area contributed by atoms with Crippen molar-refractivity contribution >= 4 is 22.7 Å².